The predicted molar refractivity (Wildman–Crippen MR) is 60.0 cm³/mol. The van der Waals surface area contributed by atoms with Gasteiger partial charge in [0.1, 0.15) is 11.6 Å². The minimum atomic E-state index is -0.421. The Kier molecular flexibility index (Phi) is 3.70. The summed E-state index contributed by atoms with van der Waals surface area (Å²) in [6.45, 7) is 1.86. The van der Waals surface area contributed by atoms with Crippen LogP contribution in [0.2, 0.25) is 0 Å². The van der Waals surface area contributed by atoms with E-state index in [-0.39, 0.29) is 11.7 Å². The molecule has 1 atom stereocenters. The quantitative estimate of drug-likeness (QED) is 0.789. The molecule has 1 heterocycles. The van der Waals surface area contributed by atoms with Crippen LogP contribution in [0.4, 0.5) is 8.78 Å². The summed E-state index contributed by atoms with van der Waals surface area (Å²) in [5.74, 6) is -0.791. The lowest BCUT2D eigenvalue weighted by Gasteiger charge is -2.29. The van der Waals surface area contributed by atoms with Gasteiger partial charge in [0.25, 0.3) is 0 Å². The summed E-state index contributed by atoms with van der Waals surface area (Å²) in [6, 6.07) is 5.73. The van der Waals surface area contributed by atoms with E-state index >= 15 is 0 Å². The van der Waals surface area contributed by atoms with Crippen LogP contribution >= 0.6 is 0 Å². The van der Waals surface area contributed by atoms with E-state index in [1.54, 1.807) is 0 Å². The van der Waals surface area contributed by atoms with Crippen LogP contribution in [0.3, 0.4) is 0 Å². The van der Waals surface area contributed by atoms with Crippen LogP contribution in [0.25, 0.3) is 0 Å². The monoisotopic (exact) mass is 236 g/mol. The maximum atomic E-state index is 13.4. The second-order valence-corrected chi connectivity index (χ2v) is 4.44. The number of likely N-dealkylation sites (tertiary alicyclic amines) is 1. The average molecular weight is 236 g/mol. The van der Waals surface area contributed by atoms with Crippen LogP contribution in [-0.2, 0) is 6.54 Å². The van der Waals surface area contributed by atoms with Crippen LogP contribution < -0.4 is 0 Å². The molecule has 2 nitrogen and oxygen atoms in total. The van der Waals surface area contributed by atoms with Crippen LogP contribution in [0.5, 0.6) is 0 Å². The van der Waals surface area contributed by atoms with Gasteiger partial charge in [-0.3, -0.25) is 4.90 Å². The fraction of sp³-hybridized carbons (Fsp3) is 0.462. The van der Waals surface area contributed by atoms with Crippen molar-refractivity contribution < 1.29 is 8.78 Å². The van der Waals surface area contributed by atoms with Crippen molar-refractivity contribution in [3.05, 3.63) is 35.4 Å². The molecule has 0 radical (unpaired) electrons. The molecule has 2 rings (SSSR count). The Morgan fingerprint density at radius 3 is 3.00 bits per heavy atom. The number of hydrogen-bond donors (Lipinski definition) is 0. The van der Waals surface area contributed by atoms with Crippen LogP contribution in [0, 0.1) is 28.9 Å². The minimum absolute atomic E-state index is 0.0142. The highest BCUT2D eigenvalue weighted by Crippen LogP contribution is 2.19. The molecule has 1 fully saturated rings. The van der Waals surface area contributed by atoms with Gasteiger partial charge in [-0.15, -0.1) is 0 Å². The molecular formula is C13H14F2N2. The van der Waals surface area contributed by atoms with E-state index < -0.39 is 5.82 Å². The summed E-state index contributed by atoms with van der Waals surface area (Å²) in [4.78, 5) is 2.01. The van der Waals surface area contributed by atoms with Gasteiger partial charge in [-0.1, -0.05) is 0 Å². The highest BCUT2D eigenvalue weighted by atomic mass is 19.1. The summed E-state index contributed by atoms with van der Waals surface area (Å²) < 4.78 is 26.5. The number of rotatable bonds is 2. The second kappa shape index (κ2) is 5.24. The van der Waals surface area contributed by atoms with E-state index in [0.717, 1.165) is 31.5 Å². The topological polar surface area (TPSA) is 27.0 Å². The van der Waals surface area contributed by atoms with Gasteiger partial charge in [-0.25, -0.2) is 8.78 Å². The molecule has 0 spiro atoms. The largest absolute Gasteiger partial charge is 0.298 e. The number of nitriles is 1. The summed E-state index contributed by atoms with van der Waals surface area (Å²) in [6.07, 6.45) is 1.84. The van der Waals surface area contributed by atoms with E-state index in [0.29, 0.717) is 18.7 Å². The first-order valence-corrected chi connectivity index (χ1v) is 5.75. The fourth-order valence-electron chi connectivity index (χ4n) is 2.21. The first kappa shape index (κ1) is 12.0. The molecule has 1 saturated heterocycles. The van der Waals surface area contributed by atoms with E-state index in [1.165, 1.54) is 6.07 Å². The van der Waals surface area contributed by atoms with Gasteiger partial charge in [0.05, 0.1) is 12.0 Å². The molecule has 90 valence electrons. The third kappa shape index (κ3) is 3.01. The number of benzene rings is 1. The Labute approximate surface area is 99.5 Å². The van der Waals surface area contributed by atoms with Crippen LogP contribution in [0.1, 0.15) is 18.4 Å². The maximum Gasteiger partial charge on any atom is 0.127 e. The molecule has 1 unspecified atom stereocenters. The Balaban J connectivity index is 2.05. The van der Waals surface area contributed by atoms with Gasteiger partial charge in [0.15, 0.2) is 0 Å². The van der Waals surface area contributed by atoms with Crippen molar-refractivity contribution >= 4 is 0 Å². The van der Waals surface area contributed by atoms with Crippen molar-refractivity contribution in [2.75, 3.05) is 13.1 Å². The van der Waals surface area contributed by atoms with Crippen molar-refractivity contribution in [3.8, 4) is 6.07 Å². The van der Waals surface area contributed by atoms with Gasteiger partial charge < -0.3 is 0 Å². The number of piperidine rings is 1. The van der Waals surface area contributed by atoms with Crippen molar-refractivity contribution in [3.63, 3.8) is 0 Å². The molecule has 1 aromatic carbocycles. The SMILES string of the molecule is N#CC1CCCN(Cc2cc(F)ccc2F)C1. The van der Waals surface area contributed by atoms with Crippen LogP contribution in [0.15, 0.2) is 18.2 Å². The Hall–Kier alpha value is -1.47. The summed E-state index contributed by atoms with van der Waals surface area (Å²) in [5.41, 5.74) is 0.364. The smallest absolute Gasteiger partial charge is 0.127 e. The van der Waals surface area contributed by atoms with E-state index in [2.05, 4.69) is 6.07 Å². The highest BCUT2D eigenvalue weighted by molar-refractivity contribution is 5.18. The summed E-state index contributed by atoms with van der Waals surface area (Å²) >= 11 is 0. The molecule has 0 aromatic heterocycles. The normalized spacial score (nSPS) is 21.1. The Morgan fingerprint density at radius 2 is 2.24 bits per heavy atom. The molecule has 0 amide bonds. The molecule has 1 aliphatic rings. The molecule has 17 heavy (non-hydrogen) atoms. The predicted octanol–water partition coefficient (Wildman–Crippen LogP) is 2.70. The molecule has 1 aromatic rings. The average Bonchev–Trinajstić information content (AvgIpc) is 2.34. The molecule has 0 saturated carbocycles. The standard InChI is InChI=1S/C13H14F2N2/c14-12-3-4-13(15)11(6-12)9-17-5-1-2-10(7-16)8-17/h3-4,6,10H,1-2,5,8-9H2. The first-order valence-electron chi connectivity index (χ1n) is 5.75. The molecular weight excluding hydrogens is 222 g/mol. The highest BCUT2D eigenvalue weighted by Gasteiger charge is 2.20. The summed E-state index contributed by atoms with van der Waals surface area (Å²) in [5, 5.41) is 8.86. The summed E-state index contributed by atoms with van der Waals surface area (Å²) in [7, 11) is 0. The maximum absolute atomic E-state index is 13.4. The van der Waals surface area contributed by atoms with Crippen molar-refractivity contribution in [1.82, 2.24) is 4.90 Å². The zero-order valence-corrected chi connectivity index (χ0v) is 9.50. The van der Waals surface area contributed by atoms with Crippen molar-refractivity contribution in [2.24, 2.45) is 5.92 Å². The zero-order chi connectivity index (χ0) is 12.3. The number of hydrogen-bond acceptors (Lipinski definition) is 2. The molecule has 1 aliphatic heterocycles. The lowest BCUT2D eigenvalue weighted by atomic mass is 9.99. The Morgan fingerprint density at radius 1 is 1.41 bits per heavy atom. The first-order chi connectivity index (χ1) is 8.19. The fourth-order valence-corrected chi connectivity index (χ4v) is 2.21. The molecule has 0 N–H and O–H groups in total. The minimum Gasteiger partial charge on any atom is -0.298 e. The van der Waals surface area contributed by atoms with Crippen molar-refractivity contribution in [1.29, 1.82) is 5.26 Å². The lowest BCUT2D eigenvalue weighted by molar-refractivity contribution is 0.190. The van der Waals surface area contributed by atoms with E-state index in [1.807, 2.05) is 4.90 Å². The lowest BCUT2D eigenvalue weighted by Crippen LogP contribution is -2.34. The van der Waals surface area contributed by atoms with E-state index in [4.69, 9.17) is 5.26 Å². The van der Waals surface area contributed by atoms with Gasteiger partial charge in [-0.2, -0.15) is 5.26 Å². The number of nitrogens with zero attached hydrogens (tertiary/aromatic N) is 2. The molecule has 0 aliphatic carbocycles. The molecule has 4 heteroatoms. The van der Waals surface area contributed by atoms with Crippen LogP contribution in [-0.4, -0.2) is 18.0 Å². The van der Waals surface area contributed by atoms with E-state index in [9.17, 15) is 8.78 Å². The zero-order valence-electron chi connectivity index (χ0n) is 9.50. The Bertz CT molecular complexity index is 440. The van der Waals surface area contributed by atoms with Gasteiger partial charge in [0, 0.05) is 18.7 Å². The number of halogens is 2. The third-order valence-electron chi connectivity index (χ3n) is 3.09. The van der Waals surface area contributed by atoms with Crippen molar-refractivity contribution in [2.45, 2.75) is 19.4 Å². The van der Waals surface area contributed by atoms with Gasteiger partial charge in [-0.05, 0) is 37.6 Å². The second-order valence-electron chi connectivity index (χ2n) is 4.44. The third-order valence-corrected chi connectivity index (χ3v) is 3.09. The van der Waals surface area contributed by atoms with Gasteiger partial charge in [0.2, 0.25) is 0 Å². The molecule has 0 bridgehead atoms. The van der Waals surface area contributed by atoms with Gasteiger partial charge >= 0.3 is 0 Å².